The largest absolute Gasteiger partial charge is 0.465 e. The third kappa shape index (κ3) is 2.15. The third-order valence-corrected chi connectivity index (χ3v) is 5.93. The number of rotatable bonds is 1. The molecule has 1 amide bonds. The Morgan fingerprint density at radius 3 is 2.84 bits per heavy atom. The standard InChI is InChI=1S/C20H19FN2O2/c21-15-3-1-2-12(9-15)14-8-13-4-7-23-18-5-6-22(20(24)25)11-17(18)16(10-14)19(13)23/h1-3,8-10,17-18H,4-7,11H2,(H,24,25)/t17-,18-/m0/s1. The van der Waals surface area contributed by atoms with Gasteiger partial charge in [0, 0.05) is 37.3 Å². The fourth-order valence-corrected chi connectivity index (χ4v) is 4.85. The predicted octanol–water partition coefficient (Wildman–Crippen LogP) is 3.70. The number of hydrogen-bond acceptors (Lipinski definition) is 2. The van der Waals surface area contributed by atoms with Gasteiger partial charge in [-0.05, 0) is 59.4 Å². The van der Waals surface area contributed by atoms with Gasteiger partial charge in [-0.25, -0.2) is 9.18 Å². The van der Waals surface area contributed by atoms with Gasteiger partial charge in [-0.3, -0.25) is 0 Å². The van der Waals surface area contributed by atoms with Gasteiger partial charge in [0.25, 0.3) is 0 Å². The summed E-state index contributed by atoms with van der Waals surface area (Å²) in [6, 6.07) is 11.4. The number of fused-ring (bicyclic) bond motifs is 3. The number of carbonyl (C=O) groups is 1. The van der Waals surface area contributed by atoms with Gasteiger partial charge in [0.05, 0.1) is 0 Å². The number of hydrogen-bond donors (Lipinski definition) is 1. The number of halogens is 1. The molecular formula is C20H19FN2O2. The number of anilines is 1. The van der Waals surface area contributed by atoms with E-state index in [1.165, 1.54) is 27.8 Å². The van der Waals surface area contributed by atoms with Crippen molar-refractivity contribution in [1.29, 1.82) is 0 Å². The molecule has 5 rings (SSSR count). The Hall–Kier alpha value is -2.56. The van der Waals surface area contributed by atoms with E-state index in [1.807, 2.05) is 6.07 Å². The smallest absolute Gasteiger partial charge is 0.407 e. The molecule has 3 aliphatic rings. The molecule has 1 fully saturated rings. The van der Waals surface area contributed by atoms with Gasteiger partial charge in [-0.1, -0.05) is 12.1 Å². The van der Waals surface area contributed by atoms with Crippen LogP contribution in [0.15, 0.2) is 36.4 Å². The maximum Gasteiger partial charge on any atom is 0.407 e. The van der Waals surface area contributed by atoms with E-state index in [9.17, 15) is 14.3 Å². The Bertz CT molecular complexity index is 882. The molecule has 0 bridgehead atoms. The SMILES string of the molecule is O=C(O)N1CC[C@H]2[C@@H](C1)c1cc(-c3cccc(F)c3)cc3c1N2CC3. The molecule has 0 aromatic heterocycles. The summed E-state index contributed by atoms with van der Waals surface area (Å²) < 4.78 is 13.6. The van der Waals surface area contributed by atoms with Crippen LogP contribution in [0, 0.1) is 5.82 Å². The minimum absolute atomic E-state index is 0.215. The van der Waals surface area contributed by atoms with Crippen LogP contribution >= 0.6 is 0 Å². The van der Waals surface area contributed by atoms with Crippen molar-refractivity contribution < 1.29 is 14.3 Å². The molecule has 4 nitrogen and oxygen atoms in total. The lowest BCUT2D eigenvalue weighted by Crippen LogP contribution is -2.47. The molecule has 0 spiro atoms. The van der Waals surface area contributed by atoms with Crippen molar-refractivity contribution >= 4 is 11.8 Å². The molecule has 5 heteroatoms. The van der Waals surface area contributed by atoms with Crippen LogP contribution < -0.4 is 4.90 Å². The average Bonchev–Trinajstić information content (AvgIpc) is 3.17. The first-order valence-electron chi connectivity index (χ1n) is 8.79. The van der Waals surface area contributed by atoms with E-state index < -0.39 is 6.09 Å². The van der Waals surface area contributed by atoms with Crippen molar-refractivity contribution in [2.45, 2.75) is 24.8 Å². The highest BCUT2D eigenvalue weighted by atomic mass is 19.1. The zero-order chi connectivity index (χ0) is 17.1. The second-order valence-electron chi connectivity index (χ2n) is 7.22. The maximum absolute atomic E-state index is 13.6. The minimum atomic E-state index is -0.836. The molecule has 3 aliphatic heterocycles. The van der Waals surface area contributed by atoms with Crippen LogP contribution in [0.3, 0.4) is 0 Å². The van der Waals surface area contributed by atoms with Gasteiger partial charge in [0.15, 0.2) is 0 Å². The van der Waals surface area contributed by atoms with Gasteiger partial charge in [-0.15, -0.1) is 0 Å². The Balaban J connectivity index is 1.61. The summed E-state index contributed by atoms with van der Waals surface area (Å²) in [4.78, 5) is 15.4. The summed E-state index contributed by atoms with van der Waals surface area (Å²) in [6.45, 7) is 2.16. The van der Waals surface area contributed by atoms with E-state index in [2.05, 4.69) is 17.0 Å². The zero-order valence-electron chi connectivity index (χ0n) is 13.8. The second-order valence-corrected chi connectivity index (χ2v) is 7.22. The van der Waals surface area contributed by atoms with Gasteiger partial charge >= 0.3 is 6.09 Å². The summed E-state index contributed by atoms with van der Waals surface area (Å²) in [7, 11) is 0. The number of benzene rings is 2. The van der Waals surface area contributed by atoms with Crippen LogP contribution in [-0.2, 0) is 6.42 Å². The quantitative estimate of drug-likeness (QED) is 0.862. The highest BCUT2D eigenvalue weighted by Crippen LogP contribution is 2.50. The van der Waals surface area contributed by atoms with Gasteiger partial charge in [0.2, 0.25) is 0 Å². The van der Waals surface area contributed by atoms with Crippen molar-refractivity contribution in [1.82, 2.24) is 4.90 Å². The number of carboxylic acid groups (broad SMARTS) is 1. The van der Waals surface area contributed by atoms with Crippen LogP contribution in [0.1, 0.15) is 23.5 Å². The molecule has 0 aliphatic carbocycles. The summed E-state index contributed by atoms with van der Waals surface area (Å²) in [5.41, 5.74) is 5.77. The second kappa shape index (κ2) is 5.22. The highest BCUT2D eigenvalue weighted by molar-refractivity contribution is 5.78. The lowest BCUT2D eigenvalue weighted by Gasteiger charge is -2.37. The fraction of sp³-hybridized carbons (Fsp3) is 0.350. The number of nitrogens with zero attached hydrogens (tertiary/aromatic N) is 2. The Morgan fingerprint density at radius 1 is 1.16 bits per heavy atom. The zero-order valence-corrected chi connectivity index (χ0v) is 13.8. The molecule has 2 atom stereocenters. The monoisotopic (exact) mass is 338 g/mol. The van der Waals surface area contributed by atoms with Crippen LogP contribution in [0.4, 0.5) is 14.9 Å². The number of likely N-dealkylation sites (tertiary alicyclic amines) is 1. The maximum atomic E-state index is 13.6. The summed E-state index contributed by atoms with van der Waals surface area (Å²) in [5.74, 6) is -0.0175. The topological polar surface area (TPSA) is 43.8 Å². The third-order valence-electron chi connectivity index (χ3n) is 5.93. The van der Waals surface area contributed by atoms with Crippen molar-refractivity contribution in [2.24, 2.45) is 0 Å². The van der Waals surface area contributed by atoms with Crippen molar-refractivity contribution in [3.05, 3.63) is 53.3 Å². The molecule has 0 unspecified atom stereocenters. The van der Waals surface area contributed by atoms with Crippen LogP contribution in [0.25, 0.3) is 11.1 Å². The Kier molecular flexibility index (Phi) is 3.08. The average molecular weight is 338 g/mol. The summed E-state index contributed by atoms with van der Waals surface area (Å²) in [6.07, 6.45) is 1.05. The molecule has 1 saturated heterocycles. The van der Waals surface area contributed by atoms with Gasteiger partial charge in [-0.2, -0.15) is 0 Å². The van der Waals surface area contributed by atoms with Crippen molar-refractivity contribution in [2.75, 3.05) is 24.5 Å². The molecule has 128 valence electrons. The van der Waals surface area contributed by atoms with E-state index in [0.29, 0.717) is 19.1 Å². The molecule has 3 heterocycles. The van der Waals surface area contributed by atoms with Crippen LogP contribution in [0.5, 0.6) is 0 Å². The molecule has 1 N–H and O–H groups in total. The molecule has 0 radical (unpaired) electrons. The molecule has 0 saturated carbocycles. The van der Waals surface area contributed by atoms with Crippen molar-refractivity contribution in [3.63, 3.8) is 0 Å². The van der Waals surface area contributed by atoms with Gasteiger partial charge in [0.1, 0.15) is 5.82 Å². The number of amides is 1. The summed E-state index contributed by atoms with van der Waals surface area (Å²) in [5, 5.41) is 9.37. The number of piperidine rings is 1. The normalized spacial score (nSPS) is 23.6. The van der Waals surface area contributed by atoms with E-state index in [-0.39, 0.29) is 11.7 Å². The first kappa shape index (κ1) is 14.8. The summed E-state index contributed by atoms with van der Waals surface area (Å²) >= 11 is 0. The van der Waals surface area contributed by atoms with Gasteiger partial charge < -0.3 is 14.9 Å². The molecule has 2 aromatic rings. The Morgan fingerprint density at radius 2 is 2.04 bits per heavy atom. The molecule has 25 heavy (non-hydrogen) atoms. The van der Waals surface area contributed by atoms with E-state index in [4.69, 9.17) is 0 Å². The van der Waals surface area contributed by atoms with E-state index >= 15 is 0 Å². The molecule has 2 aromatic carbocycles. The van der Waals surface area contributed by atoms with E-state index in [1.54, 1.807) is 12.1 Å². The van der Waals surface area contributed by atoms with Crippen LogP contribution in [0.2, 0.25) is 0 Å². The Labute approximate surface area is 145 Å². The highest BCUT2D eigenvalue weighted by Gasteiger charge is 2.45. The minimum Gasteiger partial charge on any atom is -0.465 e. The lowest BCUT2D eigenvalue weighted by atomic mass is 9.86. The first-order chi connectivity index (χ1) is 12.1. The van der Waals surface area contributed by atoms with Crippen LogP contribution in [-0.4, -0.2) is 41.8 Å². The molecular weight excluding hydrogens is 319 g/mol. The lowest BCUT2D eigenvalue weighted by molar-refractivity contribution is 0.127. The van der Waals surface area contributed by atoms with Crippen molar-refractivity contribution in [3.8, 4) is 11.1 Å². The predicted molar refractivity (Wildman–Crippen MR) is 93.6 cm³/mol. The fourth-order valence-electron chi connectivity index (χ4n) is 4.85. The first-order valence-corrected chi connectivity index (χ1v) is 8.79. The van der Waals surface area contributed by atoms with E-state index in [0.717, 1.165) is 30.5 Å².